The number of nitrogens with one attached hydrogen (secondary N) is 1. The molecule has 1 fully saturated rings. The second kappa shape index (κ2) is 9.23. The summed E-state index contributed by atoms with van der Waals surface area (Å²) in [5.41, 5.74) is 2.27. The lowest BCUT2D eigenvalue weighted by atomic mass is 9.74. The van der Waals surface area contributed by atoms with Crippen molar-refractivity contribution in [2.24, 2.45) is 0 Å². The van der Waals surface area contributed by atoms with Gasteiger partial charge in [-0.15, -0.1) is 0 Å². The number of ether oxygens (including phenoxy) is 2. The number of fused-ring (bicyclic) bond motifs is 1. The van der Waals surface area contributed by atoms with Gasteiger partial charge in [0.1, 0.15) is 5.75 Å². The molecule has 1 amide bonds. The van der Waals surface area contributed by atoms with Crippen molar-refractivity contribution in [3.05, 3.63) is 64.8 Å². The van der Waals surface area contributed by atoms with Crippen LogP contribution in [0.3, 0.4) is 0 Å². The third-order valence-electron chi connectivity index (χ3n) is 6.12. The average molecular weight is 471 g/mol. The lowest BCUT2D eigenvalue weighted by molar-refractivity contribution is -0.121. The van der Waals surface area contributed by atoms with Crippen LogP contribution in [-0.4, -0.2) is 37.3 Å². The fourth-order valence-electron chi connectivity index (χ4n) is 4.23. The second-order valence-electron chi connectivity index (χ2n) is 7.83. The quantitative estimate of drug-likeness (QED) is 0.545. The zero-order valence-electron chi connectivity index (χ0n) is 17.2. The van der Waals surface area contributed by atoms with Gasteiger partial charge in [-0.05, 0) is 48.7 Å². The van der Waals surface area contributed by atoms with Crippen LogP contribution in [0.2, 0.25) is 0 Å². The maximum absolute atomic E-state index is 12.7. The zero-order chi connectivity index (χ0) is 21.0. The lowest BCUT2D eigenvalue weighted by Gasteiger charge is -2.38. The van der Waals surface area contributed by atoms with Crippen LogP contribution >= 0.6 is 15.9 Å². The van der Waals surface area contributed by atoms with Crippen molar-refractivity contribution in [2.45, 2.75) is 31.2 Å². The molecule has 1 aromatic heterocycles. The number of aryl methyl sites for hydroxylation is 1. The van der Waals surface area contributed by atoms with Gasteiger partial charge in [0, 0.05) is 59.7 Å². The smallest absolute Gasteiger partial charge is 0.221 e. The minimum Gasteiger partial charge on any atom is -0.497 e. The van der Waals surface area contributed by atoms with Gasteiger partial charge in [-0.2, -0.15) is 0 Å². The van der Waals surface area contributed by atoms with Crippen LogP contribution in [0.4, 0.5) is 0 Å². The SMILES string of the molecule is COc1ccc(C2(CNC(=O)CCn3ccc4c(Br)cccc43)CCOCC2)cc1. The van der Waals surface area contributed by atoms with Crippen LogP contribution in [-0.2, 0) is 21.5 Å². The maximum Gasteiger partial charge on any atom is 0.221 e. The largest absolute Gasteiger partial charge is 0.497 e. The Morgan fingerprint density at radius 1 is 1.17 bits per heavy atom. The number of aromatic nitrogens is 1. The normalized spacial score (nSPS) is 15.8. The summed E-state index contributed by atoms with van der Waals surface area (Å²) in [5.74, 6) is 0.918. The fraction of sp³-hybridized carbons (Fsp3) is 0.375. The van der Waals surface area contributed by atoms with Crippen molar-refractivity contribution in [3.8, 4) is 5.75 Å². The van der Waals surface area contributed by atoms with Crippen molar-refractivity contribution >= 4 is 32.7 Å². The number of halogens is 1. The highest BCUT2D eigenvalue weighted by atomic mass is 79.9. The number of hydrogen-bond acceptors (Lipinski definition) is 3. The van der Waals surface area contributed by atoms with Gasteiger partial charge in [-0.3, -0.25) is 4.79 Å². The van der Waals surface area contributed by atoms with Gasteiger partial charge in [-0.1, -0.05) is 34.1 Å². The van der Waals surface area contributed by atoms with Crippen molar-refractivity contribution in [2.75, 3.05) is 26.9 Å². The molecule has 30 heavy (non-hydrogen) atoms. The number of amides is 1. The Morgan fingerprint density at radius 2 is 1.93 bits per heavy atom. The Morgan fingerprint density at radius 3 is 2.67 bits per heavy atom. The van der Waals surface area contributed by atoms with E-state index in [0.717, 1.165) is 28.6 Å². The van der Waals surface area contributed by atoms with Crippen molar-refractivity contribution in [1.29, 1.82) is 0 Å². The Hall–Kier alpha value is -2.31. The molecule has 0 atom stereocenters. The molecular formula is C24H27BrN2O3. The average Bonchev–Trinajstić information content (AvgIpc) is 3.21. The molecule has 0 bridgehead atoms. The lowest BCUT2D eigenvalue weighted by Crippen LogP contribution is -2.44. The predicted molar refractivity (Wildman–Crippen MR) is 122 cm³/mol. The van der Waals surface area contributed by atoms with Crippen LogP contribution in [0.1, 0.15) is 24.8 Å². The Labute approximate surface area is 185 Å². The summed E-state index contributed by atoms with van der Waals surface area (Å²) >= 11 is 3.59. The number of carbonyl (C=O) groups excluding carboxylic acids is 1. The third-order valence-corrected chi connectivity index (χ3v) is 6.81. The molecule has 1 N–H and O–H groups in total. The van der Waals surface area contributed by atoms with Gasteiger partial charge in [0.2, 0.25) is 5.91 Å². The molecule has 3 aromatic rings. The van der Waals surface area contributed by atoms with Gasteiger partial charge >= 0.3 is 0 Å². The maximum atomic E-state index is 12.7. The molecule has 4 rings (SSSR count). The van der Waals surface area contributed by atoms with Crippen molar-refractivity contribution in [1.82, 2.24) is 9.88 Å². The first-order valence-electron chi connectivity index (χ1n) is 10.3. The summed E-state index contributed by atoms with van der Waals surface area (Å²) < 4.78 is 14.1. The van der Waals surface area contributed by atoms with E-state index < -0.39 is 0 Å². The molecule has 0 spiro atoms. The van der Waals surface area contributed by atoms with Gasteiger partial charge in [-0.25, -0.2) is 0 Å². The van der Waals surface area contributed by atoms with Crippen LogP contribution in [0.15, 0.2) is 59.2 Å². The molecule has 1 aliphatic rings. The summed E-state index contributed by atoms with van der Waals surface area (Å²) in [4.78, 5) is 12.7. The molecule has 0 saturated carbocycles. The van der Waals surface area contributed by atoms with E-state index in [1.807, 2.05) is 30.5 Å². The van der Waals surface area contributed by atoms with E-state index in [-0.39, 0.29) is 11.3 Å². The topological polar surface area (TPSA) is 52.5 Å². The molecule has 6 heteroatoms. The summed E-state index contributed by atoms with van der Waals surface area (Å²) in [5, 5.41) is 4.36. The van der Waals surface area contributed by atoms with E-state index in [4.69, 9.17) is 9.47 Å². The standard InChI is InChI=1S/C24H27BrN2O3/c1-29-19-7-5-18(6-8-19)24(11-15-30-16-12-24)17-26-23(28)10-14-27-13-9-20-21(25)3-2-4-22(20)27/h2-9,13H,10-12,14-17H2,1H3,(H,26,28). The van der Waals surface area contributed by atoms with Gasteiger partial charge in [0.05, 0.1) is 7.11 Å². The van der Waals surface area contributed by atoms with E-state index in [0.29, 0.717) is 32.7 Å². The molecule has 158 valence electrons. The molecule has 5 nitrogen and oxygen atoms in total. The van der Waals surface area contributed by atoms with Crippen LogP contribution < -0.4 is 10.1 Å². The number of benzene rings is 2. The monoisotopic (exact) mass is 470 g/mol. The molecule has 1 aliphatic heterocycles. The van der Waals surface area contributed by atoms with Crippen LogP contribution in [0, 0.1) is 0 Å². The molecule has 0 unspecified atom stereocenters. The van der Waals surface area contributed by atoms with Crippen LogP contribution in [0.25, 0.3) is 10.9 Å². The fourth-order valence-corrected chi connectivity index (χ4v) is 4.72. The number of methoxy groups -OCH3 is 1. The molecular weight excluding hydrogens is 444 g/mol. The first kappa shape index (κ1) is 20.9. The number of hydrogen-bond donors (Lipinski definition) is 1. The predicted octanol–water partition coefficient (Wildman–Crippen LogP) is 4.67. The molecule has 0 aliphatic carbocycles. The molecule has 1 saturated heterocycles. The molecule has 2 heterocycles. The van der Waals surface area contributed by atoms with E-state index in [9.17, 15) is 4.79 Å². The first-order valence-corrected chi connectivity index (χ1v) is 11.1. The minimum atomic E-state index is -0.0921. The summed E-state index contributed by atoms with van der Waals surface area (Å²) in [6.07, 6.45) is 4.29. The highest BCUT2D eigenvalue weighted by Gasteiger charge is 2.34. The highest BCUT2D eigenvalue weighted by Crippen LogP contribution is 2.35. The van der Waals surface area contributed by atoms with Gasteiger partial charge < -0.3 is 19.4 Å². The van der Waals surface area contributed by atoms with Crippen molar-refractivity contribution < 1.29 is 14.3 Å². The Kier molecular flexibility index (Phi) is 6.44. The highest BCUT2D eigenvalue weighted by molar-refractivity contribution is 9.10. The summed E-state index contributed by atoms with van der Waals surface area (Å²) in [7, 11) is 1.67. The first-order chi connectivity index (χ1) is 14.6. The van der Waals surface area contributed by atoms with E-state index >= 15 is 0 Å². The number of nitrogens with zero attached hydrogens (tertiary/aromatic N) is 1. The van der Waals surface area contributed by atoms with Crippen LogP contribution in [0.5, 0.6) is 5.75 Å². The molecule has 2 aromatic carbocycles. The number of carbonyl (C=O) groups is 1. The van der Waals surface area contributed by atoms with Crippen molar-refractivity contribution in [3.63, 3.8) is 0 Å². The van der Waals surface area contributed by atoms with E-state index in [2.05, 4.69) is 50.1 Å². The Balaban J connectivity index is 1.40. The zero-order valence-corrected chi connectivity index (χ0v) is 18.8. The number of rotatable bonds is 7. The summed E-state index contributed by atoms with van der Waals surface area (Å²) in [6, 6.07) is 16.4. The second-order valence-corrected chi connectivity index (χ2v) is 8.68. The molecule has 0 radical (unpaired) electrons. The van der Waals surface area contributed by atoms with E-state index in [1.165, 1.54) is 10.9 Å². The minimum absolute atomic E-state index is 0.0752. The Bertz CT molecular complexity index is 1010. The third kappa shape index (κ3) is 4.40. The van der Waals surface area contributed by atoms with Gasteiger partial charge in [0.25, 0.3) is 0 Å². The van der Waals surface area contributed by atoms with Gasteiger partial charge in [0.15, 0.2) is 0 Å². The summed E-state index contributed by atoms with van der Waals surface area (Å²) in [6.45, 7) is 2.71. The van der Waals surface area contributed by atoms with E-state index in [1.54, 1.807) is 7.11 Å².